The van der Waals surface area contributed by atoms with Crippen LogP contribution in [0.5, 0.6) is 0 Å². The van der Waals surface area contributed by atoms with Gasteiger partial charge in [-0.15, -0.1) is 0 Å². The van der Waals surface area contributed by atoms with E-state index in [1.54, 1.807) is 0 Å². The summed E-state index contributed by atoms with van der Waals surface area (Å²) < 4.78 is 5.40. The van der Waals surface area contributed by atoms with E-state index in [2.05, 4.69) is 6.07 Å². The number of ether oxygens (including phenoxy) is 1. The Morgan fingerprint density at radius 1 is 1.39 bits per heavy atom. The minimum Gasteiger partial charge on any atom is -0.444 e. The number of nitrogens with zero attached hydrogens (tertiary/aromatic N) is 2. The lowest BCUT2D eigenvalue weighted by molar-refractivity contribution is 0.0276. The van der Waals surface area contributed by atoms with Gasteiger partial charge < -0.3 is 9.64 Å². The summed E-state index contributed by atoms with van der Waals surface area (Å²) in [5, 5.41) is 8.82. The fraction of sp³-hybridized carbons (Fsp3) is 0.857. The van der Waals surface area contributed by atoms with E-state index in [0.29, 0.717) is 24.2 Å². The maximum Gasteiger partial charge on any atom is 0.410 e. The van der Waals surface area contributed by atoms with E-state index < -0.39 is 5.60 Å². The summed E-state index contributed by atoms with van der Waals surface area (Å²) >= 11 is 0. The highest BCUT2D eigenvalue weighted by Crippen LogP contribution is 2.43. The topological polar surface area (TPSA) is 53.3 Å². The van der Waals surface area contributed by atoms with E-state index in [-0.39, 0.29) is 6.09 Å². The van der Waals surface area contributed by atoms with Crippen LogP contribution in [0.25, 0.3) is 0 Å². The summed E-state index contributed by atoms with van der Waals surface area (Å²) in [5.74, 6) is 1.57. The number of carbonyl (C=O) groups excluding carboxylic acids is 1. The average Bonchev–Trinajstić information content (AvgIpc) is 2.77. The quantitative estimate of drug-likeness (QED) is 0.719. The largest absolute Gasteiger partial charge is 0.444 e. The van der Waals surface area contributed by atoms with Crippen molar-refractivity contribution < 1.29 is 9.53 Å². The van der Waals surface area contributed by atoms with E-state index in [1.807, 2.05) is 25.7 Å². The Hall–Kier alpha value is -1.24. The lowest BCUT2D eigenvalue weighted by Gasteiger charge is -2.25. The van der Waals surface area contributed by atoms with Gasteiger partial charge in [0.1, 0.15) is 5.60 Å². The van der Waals surface area contributed by atoms with E-state index in [1.165, 1.54) is 0 Å². The van der Waals surface area contributed by atoms with Crippen molar-refractivity contribution in [3.8, 4) is 6.07 Å². The molecule has 4 nitrogen and oxygen atoms in total. The lowest BCUT2D eigenvalue weighted by atomic mass is 9.90. The summed E-state index contributed by atoms with van der Waals surface area (Å²) in [6.07, 6.45) is 2.72. The van der Waals surface area contributed by atoms with Gasteiger partial charge in [0, 0.05) is 19.5 Å². The summed E-state index contributed by atoms with van der Waals surface area (Å²) in [6.45, 7) is 7.24. The Labute approximate surface area is 109 Å². The second kappa shape index (κ2) is 4.79. The molecule has 0 N–H and O–H groups in total. The summed E-state index contributed by atoms with van der Waals surface area (Å²) in [4.78, 5) is 13.8. The molecule has 1 saturated heterocycles. The second-order valence-electron chi connectivity index (χ2n) is 6.51. The molecule has 100 valence electrons. The molecule has 1 aliphatic heterocycles. The SMILES string of the molecule is CC(C)(C)OC(=O)N1CC2CCC(CC#N)C2C1. The van der Waals surface area contributed by atoms with Crippen LogP contribution in [0.1, 0.15) is 40.0 Å². The van der Waals surface area contributed by atoms with Crippen LogP contribution in [-0.2, 0) is 4.74 Å². The number of fused-ring (bicyclic) bond motifs is 1. The van der Waals surface area contributed by atoms with Gasteiger partial charge in [0.15, 0.2) is 0 Å². The third-order valence-corrected chi connectivity index (χ3v) is 4.01. The molecule has 0 radical (unpaired) electrons. The molecule has 0 aromatic heterocycles. The maximum atomic E-state index is 12.0. The first-order valence-corrected chi connectivity index (χ1v) is 6.75. The third-order valence-electron chi connectivity index (χ3n) is 4.01. The first kappa shape index (κ1) is 13.2. The fourth-order valence-corrected chi connectivity index (χ4v) is 3.22. The van der Waals surface area contributed by atoms with Crippen molar-refractivity contribution in [3.63, 3.8) is 0 Å². The number of nitriles is 1. The Bertz CT molecular complexity index is 367. The number of hydrogen-bond acceptors (Lipinski definition) is 3. The highest BCUT2D eigenvalue weighted by molar-refractivity contribution is 5.68. The van der Waals surface area contributed by atoms with Crippen molar-refractivity contribution in [2.45, 2.75) is 45.6 Å². The molecule has 0 aromatic rings. The first-order valence-electron chi connectivity index (χ1n) is 6.75. The summed E-state index contributed by atoms with van der Waals surface area (Å²) in [7, 11) is 0. The molecule has 3 atom stereocenters. The van der Waals surface area contributed by atoms with Crippen LogP contribution in [0.4, 0.5) is 4.79 Å². The Balaban J connectivity index is 1.93. The van der Waals surface area contributed by atoms with Crippen molar-refractivity contribution in [2.75, 3.05) is 13.1 Å². The molecule has 2 rings (SSSR count). The monoisotopic (exact) mass is 250 g/mol. The average molecular weight is 250 g/mol. The van der Waals surface area contributed by atoms with Crippen LogP contribution >= 0.6 is 0 Å². The van der Waals surface area contributed by atoms with E-state index in [0.717, 1.165) is 25.9 Å². The molecule has 2 fully saturated rings. The van der Waals surface area contributed by atoms with Crippen LogP contribution in [0.3, 0.4) is 0 Å². The minimum atomic E-state index is -0.430. The molecule has 0 aromatic carbocycles. The van der Waals surface area contributed by atoms with Gasteiger partial charge in [0.25, 0.3) is 0 Å². The van der Waals surface area contributed by atoms with Crippen LogP contribution in [-0.4, -0.2) is 29.7 Å². The molecule has 1 aliphatic carbocycles. The third kappa shape index (κ3) is 2.77. The van der Waals surface area contributed by atoms with Crippen LogP contribution in [0.15, 0.2) is 0 Å². The molecular weight excluding hydrogens is 228 g/mol. The molecule has 1 heterocycles. The van der Waals surface area contributed by atoms with E-state index in [4.69, 9.17) is 10.00 Å². The molecule has 0 bridgehead atoms. The van der Waals surface area contributed by atoms with Crippen LogP contribution < -0.4 is 0 Å². The number of rotatable bonds is 1. The molecular formula is C14H22N2O2. The molecule has 1 saturated carbocycles. The molecule has 3 unspecified atom stereocenters. The van der Waals surface area contributed by atoms with Gasteiger partial charge in [-0.05, 0) is 51.4 Å². The molecule has 4 heteroatoms. The van der Waals surface area contributed by atoms with Crippen molar-refractivity contribution in [2.24, 2.45) is 17.8 Å². The zero-order chi connectivity index (χ0) is 13.3. The highest BCUT2D eigenvalue weighted by Gasteiger charge is 2.44. The van der Waals surface area contributed by atoms with Gasteiger partial charge in [-0.3, -0.25) is 0 Å². The lowest BCUT2D eigenvalue weighted by Crippen LogP contribution is -2.36. The van der Waals surface area contributed by atoms with Crippen molar-refractivity contribution in [1.82, 2.24) is 4.90 Å². The van der Waals surface area contributed by atoms with E-state index in [9.17, 15) is 4.79 Å². The van der Waals surface area contributed by atoms with Gasteiger partial charge in [-0.1, -0.05) is 0 Å². The second-order valence-corrected chi connectivity index (χ2v) is 6.51. The fourth-order valence-electron chi connectivity index (χ4n) is 3.22. The molecule has 0 spiro atoms. The maximum absolute atomic E-state index is 12.0. The predicted molar refractivity (Wildman–Crippen MR) is 67.7 cm³/mol. The van der Waals surface area contributed by atoms with Crippen molar-refractivity contribution in [3.05, 3.63) is 0 Å². The normalized spacial score (nSPS) is 31.0. The number of carbonyl (C=O) groups is 1. The zero-order valence-electron chi connectivity index (χ0n) is 11.5. The van der Waals surface area contributed by atoms with Crippen molar-refractivity contribution >= 4 is 6.09 Å². The van der Waals surface area contributed by atoms with Gasteiger partial charge in [-0.25, -0.2) is 4.79 Å². The van der Waals surface area contributed by atoms with Gasteiger partial charge in [0.2, 0.25) is 0 Å². The Morgan fingerprint density at radius 2 is 2.11 bits per heavy atom. The van der Waals surface area contributed by atoms with Crippen LogP contribution in [0.2, 0.25) is 0 Å². The van der Waals surface area contributed by atoms with Gasteiger partial charge in [-0.2, -0.15) is 5.26 Å². The van der Waals surface area contributed by atoms with Crippen molar-refractivity contribution in [1.29, 1.82) is 5.26 Å². The van der Waals surface area contributed by atoms with E-state index >= 15 is 0 Å². The predicted octanol–water partition coefficient (Wildman–Crippen LogP) is 2.79. The number of likely N-dealkylation sites (tertiary alicyclic amines) is 1. The Kier molecular flexibility index (Phi) is 3.52. The van der Waals surface area contributed by atoms with Gasteiger partial charge >= 0.3 is 6.09 Å². The van der Waals surface area contributed by atoms with Crippen LogP contribution in [0, 0.1) is 29.1 Å². The van der Waals surface area contributed by atoms with Gasteiger partial charge in [0.05, 0.1) is 6.07 Å². The first-order chi connectivity index (χ1) is 8.40. The zero-order valence-corrected chi connectivity index (χ0v) is 11.5. The smallest absolute Gasteiger partial charge is 0.410 e. The molecule has 2 aliphatic rings. The summed E-state index contributed by atoms with van der Waals surface area (Å²) in [5.41, 5.74) is -0.430. The minimum absolute atomic E-state index is 0.201. The summed E-state index contributed by atoms with van der Waals surface area (Å²) in [6, 6.07) is 2.27. The molecule has 1 amide bonds. The Morgan fingerprint density at radius 3 is 2.72 bits per heavy atom. The highest BCUT2D eigenvalue weighted by atomic mass is 16.6. The molecule has 18 heavy (non-hydrogen) atoms. The standard InChI is InChI=1S/C14H22N2O2/c1-14(2,3)18-13(17)16-8-11-5-4-10(6-7-15)12(11)9-16/h10-12H,4-6,8-9H2,1-3H3. The number of hydrogen-bond donors (Lipinski definition) is 0. The number of amides is 1.